The van der Waals surface area contributed by atoms with Crippen LogP contribution in [-0.4, -0.2) is 35.3 Å². The van der Waals surface area contributed by atoms with Gasteiger partial charge < -0.3 is 9.84 Å². The molecule has 0 aliphatic carbocycles. The van der Waals surface area contributed by atoms with Gasteiger partial charge in [0.15, 0.2) is 12.4 Å². The van der Waals surface area contributed by atoms with E-state index in [-0.39, 0.29) is 28.2 Å². The summed E-state index contributed by atoms with van der Waals surface area (Å²) < 4.78 is 5.09. The zero-order valence-electron chi connectivity index (χ0n) is 16.5. The van der Waals surface area contributed by atoms with Gasteiger partial charge in [0.1, 0.15) is 5.75 Å². The molecule has 1 N–H and O–H groups in total. The van der Waals surface area contributed by atoms with Crippen molar-refractivity contribution >= 4 is 29.3 Å². The van der Waals surface area contributed by atoms with Crippen molar-refractivity contribution in [2.24, 2.45) is 0 Å². The number of phenols is 1. The Kier molecular flexibility index (Phi) is 5.09. The molecule has 0 aromatic heterocycles. The van der Waals surface area contributed by atoms with Gasteiger partial charge in [-0.25, -0.2) is 9.69 Å². The molecule has 0 atom stereocenters. The number of anilines is 1. The lowest BCUT2D eigenvalue weighted by molar-refractivity contribution is 0.0474. The summed E-state index contributed by atoms with van der Waals surface area (Å²) in [5.74, 6) is -2.23. The fraction of sp³-hybridized carbons (Fsp3) is 0.0833. The fourth-order valence-corrected chi connectivity index (χ4v) is 3.24. The van der Waals surface area contributed by atoms with E-state index in [1.54, 1.807) is 24.3 Å². The third-order valence-corrected chi connectivity index (χ3v) is 4.94. The topological polar surface area (TPSA) is 101 Å². The Labute approximate surface area is 177 Å². The van der Waals surface area contributed by atoms with E-state index in [2.05, 4.69) is 0 Å². The van der Waals surface area contributed by atoms with Crippen molar-refractivity contribution in [3.05, 3.63) is 94.5 Å². The van der Waals surface area contributed by atoms with Crippen LogP contribution in [0.3, 0.4) is 0 Å². The number of fused-ring (bicyclic) bond motifs is 1. The number of aromatic hydroxyl groups is 1. The van der Waals surface area contributed by atoms with Crippen LogP contribution in [0.25, 0.3) is 0 Å². The summed E-state index contributed by atoms with van der Waals surface area (Å²) in [5.41, 5.74) is 2.02. The molecule has 7 nitrogen and oxygen atoms in total. The van der Waals surface area contributed by atoms with Crippen LogP contribution in [0.1, 0.15) is 47.0 Å². The summed E-state index contributed by atoms with van der Waals surface area (Å²) in [6, 6.07) is 16.6. The largest absolute Gasteiger partial charge is 0.508 e. The summed E-state index contributed by atoms with van der Waals surface area (Å²) in [7, 11) is 0. The molecule has 7 heteroatoms. The lowest BCUT2D eigenvalue weighted by Gasteiger charge is -2.13. The Morgan fingerprint density at radius 1 is 0.839 bits per heavy atom. The summed E-state index contributed by atoms with van der Waals surface area (Å²) in [4.78, 5) is 51.0. The van der Waals surface area contributed by atoms with E-state index < -0.39 is 24.4 Å². The van der Waals surface area contributed by atoms with Crippen LogP contribution in [0, 0.1) is 6.92 Å². The van der Waals surface area contributed by atoms with Crippen LogP contribution in [0.4, 0.5) is 5.69 Å². The second-order valence-corrected chi connectivity index (χ2v) is 7.09. The number of esters is 1. The van der Waals surface area contributed by atoms with E-state index in [4.69, 9.17) is 4.74 Å². The second-order valence-electron chi connectivity index (χ2n) is 7.09. The van der Waals surface area contributed by atoms with Crippen molar-refractivity contribution in [2.45, 2.75) is 6.92 Å². The van der Waals surface area contributed by atoms with Crippen LogP contribution in [0.2, 0.25) is 0 Å². The van der Waals surface area contributed by atoms with Gasteiger partial charge in [0, 0.05) is 5.56 Å². The van der Waals surface area contributed by atoms with E-state index in [9.17, 15) is 24.3 Å². The highest BCUT2D eigenvalue weighted by molar-refractivity contribution is 6.34. The van der Waals surface area contributed by atoms with Gasteiger partial charge in [0.25, 0.3) is 11.8 Å². The number of imide groups is 1. The van der Waals surface area contributed by atoms with Gasteiger partial charge >= 0.3 is 5.97 Å². The minimum Gasteiger partial charge on any atom is -0.508 e. The number of rotatable bonds is 5. The maximum absolute atomic E-state index is 12.8. The van der Waals surface area contributed by atoms with Crippen LogP contribution in [-0.2, 0) is 4.74 Å². The first-order valence-electron chi connectivity index (χ1n) is 9.44. The van der Waals surface area contributed by atoms with Gasteiger partial charge in [-0.2, -0.15) is 0 Å². The highest BCUT2D eigenvalue weighted by Crippen LogP contribution is 2.30. The van der Waals surface area contributed by atoms with Gasteiger partial charge in [0.2, 0.25) is 0 Å². The van der Waals surface area contributed by atoms with Gasteiger partial charge in [-0.05, 0) is 49.4 Å². The molecule has 3 aromatic carbocycles. The average Bonchev–Trinajstić information content (AvgIpc) is 3.02. The average molecular weight is 415 g/mol. The molecule has 31 heavy (non-hydrogen) atoms. The number of ketones is 1. The molecule has 0 fully saturated rings. The molecule has 0 radical (unpaired) electrons. The summed E-state index contributed by atoms with van der Waals surface area (Å²) in [6.07, 6.45) is 0. The Bertz CT molecular complexity index is 1210. The number of carbonyl (C=O) groups excluding carboxylic acids is 4. The Morgan fingerprint density at radius 2 is 1.45 bits per heavy atom. The number of phenolic OH excluding ortho intramolecular Hbond substituents is 1. The fourth-order valence-electron chi connectivity index (χ4n) is 3.24. The Morgan fingerprint density at radius 3 is 2.13 bits per heavy atom. The predicted molar refractivity (Wildman–Crippen MR) is 111 cm³/mol. The van der Waals surface area contributed by atoms with Crippen molar-refractivity contribution in [1.29, 1.82) is 0 Å². The molecule has 0 bridgehead atoms. The number of hydrogen-bond acceptors (Lipinski definition) is 6. The van der Waals surface area contributed by atoms with Crippen molar-refractivity contribution in [1.82, 2.24) is 0 Å². The maximum Gasteiger partial charge on any atom is 0.338 e. The number of aryl methyl sites for hydroxylation is 1. The zero-order chi connectivity index (χ0) is 22.1. The van der Waals surface area contributed by atoms with Crippen molar-refractivity contribution in [2.75, 3.05) is 11.5 Å². The monoisotopic (exact) mass is 415 g/mol. The molecule has 0 saturated carbocycles. The Balaban J connectivity index is 1.50. The van der Waals surface area contributed by atoms with Crippen LogP contribution < -0.4 is 4.90 Å². The molecule has 2 amide bonds. The SMILES string of the molecule is Cc1ccc(C(=O)COC(=O)c2ccc3c(c2)C(=O)N(c2ccc(O)cc2)C3=O)cc1. The number of nitrogens with zero attached hydrogens (tertiary/aromatic N) is 1. The first-order chi connectivity index (χ1) is 14.8. The molecule has 154 valence electrons. The van der Waals surface area contributed by atoms with E-state index in [0.29, 0.717) is 11.3 Å². The van der Waals surface area contributed by atoms with Gasteiger partial charge in [-0.1, -0.05) is 29.8 Å². The summed E-state index contributed by atoms with van der Waals surface area (Å²) in [5, 5.41) is 9.41. The highest BCUT2D eigenvalue weighted by Gasteiger charge is 2.37. The maximum atomic E-state index is 12.8. The standard InChI is InChI=1S/C24H17NO6/c1-14-2-4-15(5-3-14)21(27)13-31-24(30)16-6-11-19-20(12-16)23(29)25(22(19)28)17-7-9-18(26)10-8-17/h2-12,26H,13H2,1H3. The second kappa shape index (κ2) is 7.87. The number of hydrogen-bond donors (Lipinski definition) is 1. The smallest absolute Gasteiger partial charge is 0.338 e. The number of benzene rings is 3. The van der Waals surface area contributed by atoms with Crippen molar-refractivity contribution in [3.63, 3.8) is 0 Å². The van der Waals surface area contributed by atoms with Crippen molar-refractivity contribution < 1.29 is 29.0 Å². The lowest BCUT2D eigenvalue weighted by atomic mass is 10.1. The molecule has 4 rings (SSSR count). The molecule has 0 saturated heterocycles. The minimum absolute atomic E-state index is 0.00516. The first-order valence-corrected chi connectivity index (χ1v) is 9.44. The van der Waals surface area contributed by atoms with Gasteiger partial charge in [0.05, 0.1) is 22.4 Å². The molecule has 1 heterocycles. The predicted octanol–water partition coefficient (Wildman–Crippen LogP) is 3.54. The molecule has 1 aliphatic rings. The van der Waals surface area contributed by atoms with Crippen molar-refractivity contribution in [3.8, 4) is 5.75 Å². The molecule has 3 aromatic rings. The number of ether oxygens (including phenoxy) is 1. The molecule has 1 aliphatic heterocycles. The van der Waals surface area contributed by atoms with E-state index in [1.165, 1.54) is 42.5 Å². The molecular weight excluding hydrogens is 398 g/mol. The lowest BCUT2D eigenvalue weighted by Crippen LogP contribution is -2.29. The van der Waals surface area contributed by atoms with E-state index in [0.717, 1.165) is 10.5 Å². The van der Waals surface area contributed by atoms with E-state index in [1.807, 2.05) is 6.92 Å². The normalized spacial score (nSPS) is 12.6. The number of carbonyl (C=O) groups is 4. The quantitative estimate of drug-likeness (QED) is 0.389. The molecule has 0 unspecified atom stereocenters. The number of amides is 2. The first kappa shape index (κ1) is 20.0. The number of Topliss-reactive ketones (excluding diaryl/α,β-unsaturated/α-hetero) is 1. The summed E-state index contributed by atoms with van der Waals surface area (Å²) >= 11 is 0. The minimum atomic E-state index is -0.772. The van der Waals surface area contributed by atoms with Crippen LogP contribution >= 0.6 is 0 Å². The molecular formula is C24H17NO6. The molecule has 0 spiro atoms. The van der Waals surface area contributed by atoms with Gasteiger partial charge in [-0.15, -0.1) is 0 Å². The van der Waals surface area contributed by atoms with Crippen LogP contribution in [0.15, 0.2) is 66.7 Å². The van der Waals surface area contributed by atoms with Crippen LogP contribution in [0.5, 0.6) is 5.75 Å². The third kappa shape index (κ3) is 3.81. The zero-order valence-corrected chi connectivity index (χ0v) is 16.5. The van der Waals surface area contributed by atoms with E-state index >= 15 is 0 Å². The Hall–Kier alpha value is -4.26. The third-order valence-electron chi connectivity index (χ3n) is 4.94. The summed E-state index contributed by atoms with van der Waals surface area (Å²) in [6.45, 7) is 1.46. The van der Waals surface area contributed by atoms with Gasteiger partial charge in [-0.3, -0.25) is 14.4 Å². The highest BCUT2D eigenvalue weighted by atomic mass is 16.5.